The van der Waals surface area contributed by atoms with E-state index in [0.29, 0.717) is 23.5 Å². The Labute approximate surface area is 202 Å². The maximum Gasteiger partial charge on any atom is 0.490 e. The van der Waals surface area contributed by atoms with Gasteiger partial charge in [-0.15, -0.1) is 0 Å². The Morgan fingerprint density at radius 2 is 1.57 bits per heavy atom. The van der Waals surface area contributed by atoms with E-state index in [9.17, 15) is 22.8 Å². The van der Waals surface area contributed by atoms with Gasteiger partial charge < -0.3 is 19.5 Å². The minimum Gasteiger partial charge on any atom is -0.475 e. The zero-order valence-electron chi connectivity index (χ0n) is 18.4. The zero-order valence-corrected chi connectivity index (χ0v) is 19.1. The molecule has 0 bridgehead atoms. The summed E-state index contributed by atoms with van der Waals surface area (Å²) in [5.74, 6) is -2.92. The van der Waals surface area contributed by atoms with Crippen molar-refractivity contribution in [3.05, 3.63) is 75.0 Å². The molecule has 1 amide bonds. The second-order valence-electron chi connectivity index (χ2n) is 8.19. The van der Waals surface area contributed by atoms with Gasteiger partial charge in [0.1, 0.15) is 5.56 Å². The number of anilines is 1. The van der Waals surface area contributed by atoms with E-state index in [1.165, 1.54) is 5.56 Å². The molecule has 7 nitrogen and oxygen atoms in total. The molecule has 3 aromatic rings. The highest BCUT2D eigenvalue weighted by molar-refractivity contribution is 6.30. The van der Waals surface area contributed by atoms with Gasteiger partial charge in [-0.2, -0.15) is 13.2 Å². The molecule has 0 aliphatic carbocycles. The van der Waals surface area contributed by atoms with Crippen LogP contribution < -0.4 is 10.3 Å². The number of carbonyl (C=O) groups excluding carboxylic acids is 1. The number of aryl methyl sites for hydroxylation is 2. The number of pyridine rings is 1. The summed E-state index contributed by atoms with van der Waals surface area (Å²) in [6.07, 6.45) is -2.41. The summed E-state index contributed by atoms with van der Waals surface area (Å²) in [7, 11) is 0. The minimum atomic E-state index is -5.08. The summed E-state index contributed by atoms with van der Waals surface area (Å²) in [6.45, 7) is 3.48. The lowest BCUT2D eigenvalue weighted by Gasteiger charge is -2.36. The van der Waals surface area contributed by atoms with Gasteiger partial charge in [0, 0.05) is 55.0 Å². The van der Waals surface area contributed by atoms with Crippen molar-refractivity contribution in [3.8, 4) is 0 Å². The molecule has 0 atom stereocenters. The molecule has 35 heavy (non-hydrogen) atoms. The molecule has 184 valence electrons. The zero-order chi connectivity index (χ0) is 25.3. The van der Waals surface area contributed by atoms with Crippen LogP contribution in [0.15, 0.2) is 53.5 Å². The number of rotatable bonds is 2. The van der Waals surface area contributed by atoms with Crippen molar-refractivity contribution < 1.29 is 27.9 Å². The lowest BCUT2D eigenvalue weighted by atomic mass is 10.1. The van der Waals surface area contributed by atoms with E-state index in [0.717, 1.165) is 37.3 Å². The lowest BCUT2D eigenvalue weighted by Crippen LogP contribution is -2.49. The average molecular weight is 508 g/mol. The molecular formula is C24H21ClF3N3O4. The number of carboxylic acid groups (broad SMARTS) is 1. The summed E-state index contributed by atoms with van der Waals surface area (Å²) in [4.78, 5) is 39.0. The third kappa shape index (κ3) is 5.12. The number of hydrogen-bond donors (Lipinski definition) is 1. The molecule has 1 aromatic heterocycles. The predicted octanol–water partition coefficient (Wildman–Crippen LogP) is 3.81. The first kappa shape index (κ1) is 24.6. The summed E-state index contributed by atoms with van der Waals surface area (Å²) in [5.41, 5.74) is 3.40. The number of piperazine rings is 1. The summed E-state index contributed by atoms with van der Waals surface area (Å²) in [6, 6.07) is 13.5. The molecule has 5 rings (SSSR count). The Morgan fingerprint density at radius 1 is 0.943 bits per heavy atom. The van der Waals surface area contributed by atoms with Crippen LogP contribution in [0, 0.1) is 0 Å². The van der Waals surface area contributed by atoms with E-state index in [1.54, 1.807) is 11.1 Å². The van der Waals surface area contributed by atoms with Crippen LogP contribution in [0.4, 0.5) is 18.9 Å². The fourth-order valence-electron chi connectivity index (χ4n) is 4.30. The van der Waals surface area contributed by atoms with Crippen LogP contribution in [0.1, 0.15) is 15.9 Å². The van der Waals surface area contributed by atoms with Gasteiger partial charge in [-0.05, 0) is 42.3 Å². The van der Waals surface area contributed by atoms with Gasteiger partial charge in [0.05, 0.1) is 5.52 Å². The van der Waals surface area contributed by atoms with E-state index in [1.807, 2.05) is 36.4 Å². The first-order valence-corrected chi connectivity index (χ1v) is 11.2. The fourth-order valence-corrected chi connectivity index (χ4v) is 4.43. The van der Waals surface area contributed by atoms with E-state index >= 15 is 0 Å². The van der Waals surface area contributed by atoms with E-state index in [4.69, 9.17) is 21.5 Å². The molecule has 0 unspecified atom stereocenters. The number of nitrogens with zero attached hydrogens (tertiary/aromatic N) is 3. The number of alkyl halides is 3. The maximum atomic E-state index is 13.1. The number of aromatic nitrogens is 1. The maximum absolute atomic E-state index is 13.1. The van der Waals surface area contributed by atoms with Gasteiger partial charge >= 0.3 is 12.1 Å². The van der Waals surface area contributed by atoms with Gasteiger partial charge in [0.2, 0.25) is 5.43 Å². The molecule has 0 saturated carbocycles. The third-order valence-electron chi connectivity index (χ3n) is 6.03. The largest absolute Gasteiger partial charge is 0.490 e. The van der Waals surface area contributed by atoms with Gasteiger partial charge in [-0.1, -0.05) is 23.7 Å². The highest BCUT2D eigenvalue weighted by atomic mass is 35.5. The quantitative estimate of drug-likeness (QED) is 0.570. The number of para-hydroxylation sites is 1. The molecular weight excluding hydrogens is 487 g/mol. The van der Waals surface area contributed by atoms with Crippen molar-refractivity contribution in [1.82, 2.24) is 9.47 Å². The van der Waals surface area contributed by atoms with E-state index < -0.39 is 12.1 Å². The summed E-state index contributed by atoms with van der Waals surface area (Å²) >= 11 is 5.96. The summed E-state index contributed by atoms with van der Waals surface area (Å²) in [5, 5.41) is 8.49. The fraction of sp³-hybridized carbons (Fsp3) is 0.292. The molecule has 1 fully saturated rings. The van der Waals surface area contributed by atoms with Gasteiger partial charge in [0.25, 0.3) is 5.91 Å². The normalized spacial score (nSPS) is 15.1. The second-order valence-corrected chi connectivity index (χ2v) is 8.62. The number of hydrogen-bond acceptors (Lipinski definition) is 4. The average Bonchev–Trinajstić information content (AvgIpc) is 3.25. The van der Waals surface area contributed by atoms with Crippen molar-refractivity contribution >= 4 is 40.1 Å². The van der Waals surface area contributed by atoms with Crippen LogP contribution >= 0.6 is 11.6 Å². The molecule has 1 N–H and O–H groups in total. The van der Waals surface area contributed by atoms with Crippen molar-refractivity contribution in [1.29, 1.82) is 0 Å². The van der Waals surface area contributed by atoms with Crippen LogP contribution in [0.2, 0.25) is 5.02 Å². The molecule has 0 radical (unpaired) electrons. The van der Waals surface area contributed by atoms with Crippen molar-refractivity contribution in [3.63, 3.8) is 0 Å². The SMILES string of the molecule is O=C(O)C(F)(F)F.O=C(c1cn2c3c(cccc3c1=O)CC2)N1CCN(c2ccc(Cl)cc2)CC1. The van der Waals surface area contributed by atoms with Crippen LogP contribution in [0.3, 0.4) is 0 Å². The number of benzene rings is 2. The van der Waals surface area contributed by atoms with Crippen molar-refractivity contribution in [2.75, 3.05) is 31.1 Å². The first-order chi connectivity index (χ1) is 16.6. The predicted molar refractivity (Wildman–Crippen MR) is 125 cm³/mol. The molecule has 2 aliphatic heterocycles. The Hall–Kier alpha value is -3.53. The monoisotopic (exact) mass is 507 g/mol. The number of amides is 1. The van der Waals surface area contributed by atoms with Gasteiger partial charge in [-0.25, -0.2) is 4.79 Å². The smallest absolute Gasteiger partial charge is 0.475 e. The number of carbonyl (C=O) groups is 2. The highest BCUT2D eigenvalue weighted by Crippen LogP contribution is 2.25. The van der Waals surface area contributed by atoms with Crippen molar-refractivity contribution in [2.45, 2.75) is 19.1 Å². The molecule has 2 aliphatic rings. The van der Waals surface area contributed by atoms with E-state index in [2.05, 4.69) is 15.5 Å². The molecule has 1 saturated heterocycles. The third-order valence-corrected chi connectivity index (χ3v) is 6.29. The van der Waals surface area contributed by atoms with Crippen LogP contribution in [-0.4, -0.2) is 58.8 Å². The molecule has 3 heterocycles. The van der Waals surface area contributed by atoms with Crippen molar-refractivity contribution in [2.24, 2.45) is 0 Å². The number of aliphatic carboxylic acids is 1. The Kier molecular flexibility index (Phi) is 6.75. The first-order valence-electron chi connectivity index (χ1n) is 10.8. The Balaban J connectivity index is 0.000000364. The van der Waals surface area contributed by atoms with Crippen LogP contribution in [-0.2, 0) is 17.8 Å². The topological polar surface area (TPSA) is 82.8 Å². The number of carboxylic acids is 1. The van der Waals surface area contributed by atoms with Crippen LogP contribution in [0.5, 0.6) is 0 Å². The number of halogens is 4. The second kappa shape index (κ2) is 9.61. The Morgan fingerprint density at radius 3 is 2.17 bits per heavy atom. The lowest BCUT2D eigenvalue weighted by molar-refractivity contribution is -0.192. The molecule has 0 spiro atoms. The highest BCUT2D eigenvalue weighted by Gasteiger charge is 2.38. The summed E-state index contributed by atoms with van der Waals surface area (Å²) < 4.78 is 33.8. The standard InChI is InChI=1S/C22H20ClN3O2.C2HF3O2/c23-16-4-6-17(7-5-16)24-10-12-25(13-11-24)22(28)19-14-26-9-8-15-2-1-3-18(20(15)26)21(19)27;3-2(4,5)1(6)7/h1-7,14H,8-13H2;(H,6,7). The van der Waals surface area contributed by atoms with E-state index in [-0.39, 0.29) is 16.9 Å². The molecule has 11 heteroatoms. The Bertz CT molecular complexity index is 1330. The molecule has 2 aromatic carbocycles. The van der Waals surface area contributed by atoms with Gasteiger partial charge in [-0.3, -0.25) is 9.59 Å². The van der Waals surface area contributed by atoms with Crippen LogP contribution in [0.25, 0.3) is 10.9 Å². The minimum absolute atomic E-state index is 0.153. The van der Waals surface area contributed by atoms with Gasteiger partial charge in [0.15, 0.2) is 0 Å².